The van der Waals surface area contributed by atoms with Gasteiger partial charge in [0.05, 0.1) is 5.41 Å². The fourth-order valence-electron chi connectivity index (χ4n) is 3.39. The molecule has 21 heavy (non-hydrogen) atoms. The van der Waals surface area contributed by atoms with Crippen molar-refractivity contribution in [3.05, 3.63) is 29.8 Å². The topological polar surface area (TPSA) is 58.6 Å². The molecule has 1 atom stereocenters. The van der Waals surface area contributed by atoms with Gasteiger partial charge in [-0.1, -0.05) is 18.2 Å². The third-order valence-electron chi connectivity index (χ3n) is 4.47. The second-order valence-electron chi connectivity index (χ2n) is 5.92. The van der Waals surface area contributed by atoms with Crippen molar-refractivity contribution in [2.75, 3.05) is 32.1 Å². The maximum absolute atomic E-state index is 12.6. The summed E-state index contributed by atoms with van der Waals surface area (Å²) in [7, 11) is 1.52. The van der Waals surface area contributed by atoms with E-state index in [1.165, 1.54) is 7.11 Å². The normalized spacial score (nSPS) is 24.6. The summed E-state index contributed by atoms with van der Waals surface area (Å²) in [6, 6.07) is 7.89. The summed E-state index contributed by atoms with van der Waals surface area (Å²) in [4.78, 5) is 26.4. The second kappa shape index (κ2) is 5.48. The Morgan fingerprint density at radius 1 is 1.43 bits per heavy atom. The Bertz CT molecular complexity index is 572. The SMILES string of the molecule is COCC(=O)N1CCCC2(Cc3ccccc3NC2=O)C1. The molecule has 0 radical (unpaired) electrons. The van der Waals surface area contributed by atoms with E-state index >= 15 is 0 Å². The smallest absolute Gasteiger partial charge is 0.248 e. The predicted molar refractivity (Wildman–Crippen MR) is 78.9 cm³/mol. The van der Waals surface area contributed by atoms with Crippen LogP contribution in [0, 0.1) is 5.41 Å². The van der Waals surface area contributed by atoms with Crippen molar-refractivity contribution < 1.29 is 14.3 Å². The third-order valence-corrected chi connectivity index (χ3v) is 4.47. The standard InChI is InChI=1S/C16H20N2O3/c1-21-10-14(19)18-8-4-7-16(11-18)9-12-5-2-3-6-13(12)17-15(16)20/h2-3,5-6H,4,7-11H2,1H3,(H,17,20). The van der Waals surface area contributed by atoms with Crippen LogP contribution in [0.25, 0.3) is 0 Å². The first-order valence-electron chi connectivity index (χ1n) is 7.31. The Balaban J connectivity index is 1.84. The summed E-state index contributed by atoms with van der Waals surface area (Å²) in [5.41, 5.74) is 1.56. The number of rotatable bonds is 2. The van der Waals surface area contributed by atoms with E-state index in [1.807, 2.05) is 24.3 Å². The van der Waals surface area contributed by atoms with Gasteiger partial charge in [0.1, 0.15) is 6.61 Å². The van der Waals surface area contributed by atoms with Gasteiger partial charge < -0.3 is 15.0 Å². The Morgan fingerprint density at radius 2 is 2.24 bits per heavy atom. The maximum atomic E-state index is 12.6. The molecule has 1 saturated heterocycles. The fourth-order valence-corrected chi connectivity index (χ4v) is 3.39. The summed E-state index contributed by atoms with van der Waals surface area (Å²) in [6.45, 7) is 1.27. The quantitative estimate of drug-likeness (QED) is 0.896. The van der Waals surface area contributed by atoms with Gasteiger partial charge in [0.25, 0.3) is 0 Å². The average Bonchev–Trinajstić information content (AvgIpc) is 2.49. The predicted octanol–water partition coefficient (Wildman–Crippen LogP) is 1.44. The molecule has 2 aliphatic rings. The van der Waals surface area contributed by atoms with E-state index in [9.17, 15) is 9.59 Å². The zero-order chi connectivity index (χ0) is 14.9. The van der Waals surface area contributed by atoms with E-state index in [2.05, 4.69) is 5.32 Å². The van der Waals surface area contributed by atoms with Gasteiger partial charge in [-0.3, -0.25) is 9.59 Å². The van der Waals surface area contributed by atoms with Crippen LogP contribution in [0.5, 0.6) is 0 Å². The molecular weight excluding hydrogens is 268 g/mol. The molecule has 1 unspecified atom stereocenters. The summed E-state index contributed by atoms with van der Waals surface area (Å²) in [5, 5.41) is 3.00. The number of nitrogens with zero attached hydrogens (tertiary/aromatic N) is 1. The highest BCUT2D eigenvalue weighted by Crippen LogP contribution is 2.40. The number of para-hydroxylation sites is 1. The van der Waals surface area contributed by atoms with Crippen LogP contribution in [0.1, 0.15) is 18.4 Å². The van der Waals surface area contributed by atoms with Crippen LogP contribution in [0.15, 0.2) is 24.3 Å². The molecule has 3 rings (SSSR count). The molecule has 1 fully saturated rings. The van der Waals surface area contributed by atoms with Gasteiger partial charge >= 0.3 is 0 Å². The summed E-state index contributed by atoms with van der Waals surface area (Å²) >= 11 is 0. The maximum Gasteiger partial charge on any atom is 0.248 e. The van der Waals surface area contributed by atoms with Crippen LogP contribution in [0.2, 0.25) is 0 Å². The fraction of sp³-hybridized carbons (Fsp3) is 0.500. The van der Waals surface area contributed by atoms with Crippen molar-refractivity contribution in [3.63, 3.8) is 0 Å². The molecule has 1 aromatic rings. The van der Waals surface area contributed by atoms with Crippen molar-refractivity contribution in [2.45, 2.75) is 19.3 Å². The first-order chi connectivity index (χ1) is 10.1. The molecule has 0 aromatic heterocycles. The molecule has 1 N–H and O–H groups in total. The first kappa shape index (κ1) is 14.1. The first-order valence-corrected chi connectivity index (χ1v) is 7.31. The molecule has 0 bridgehead atoms. The molecule has 1 aromatic carbocycles. The molecule has 2 aliphatic heterocycles. The highest BCUT2D eigenvalue weighted by molar-refractivity contribution is 5.99. The Kier molecular flexibility index (Phi) is 3.68. The van der Waals surface area contributed by atoms with Gasteiger partial charge in [0, 0.05) is 25.9 Å². The number of anilines is 1. The summed E-state index contributed by atoms with van der Waals surface area (Å²) < 4.78 is 4.92. The molecule has 5 heteroatoms. The molecule has 112 valence electrons. The third kappa shape index (κ3) is 2.53. The van der Waals surface area contributed by atoms with E-state index in [1.54, 1.807) is 4.90 Å². The number of hydrogen-bond donors (Lipinski definition) is 1. The number of carbonyl (C=O) groups is 2. The summed E-state index contributed by atoms with van der Waals surface area (Å²) in [5.74, 6) is -0.000601. The largest absolute Gasteiger partial charge is 0.375 e. The van der Waals surface area contributed by atoms with Crippen molar-refractivity contribution in [1.82, 2.24) is 4.90 Å². The molecule has 0 aliphatic carbocycles. The van der Waals surface area contributed by atoms with Crippen LogP contribution in [0.3, 0.4) is 0 Å². The zero-order valence-corrected chi connectivity index (χ0v) is 12.2. The van der Waals surface area contributed by atoms with Gasteiger partial charge in [-0.05, 0) is 30.9 Å². The molecule has 1 spiro atoms. The Hall–Kier alpha value is -1.88. The molecule has 5 nitrogen and oxygen atoms in total. The molecule has 2 heterocycles. The van der Waals surface area contributed by atoms with Crippen LogP contribution in [0.4, 0.5) is 5.69 Å². The highest BCUT2D eigenvalue weighted by Gasteiger charge is 2.45. The van der Waals surface area contributed by atoms with Gasteiger partial charge in [-0.15, -0.1) is 0 Å². The number of likely N-dealkylation sites (tertiary alicyclic amines) is 1. The number of ether oxygens (including phenoxy) is 1. The number of amides is 2. The lowest BCUT2D eigenvalue weighted by Crippen LogP contribution is -2.54. The minimum absolute atomic E-state index is 0.0381. The Labute approximate surface area is 124 Å². The number of piperidine rings is 1. The second-order valence-corrected chi connectivity index (χ2v) is 5.92. The Morgan fingerprint density at radius 3 is 3.05 bits per heavy atom. The lowest BCUT2D eigenvalue weighted by molar-refractivity contribution is -0.142. The van der Waals surface area contributed by atoms with Crippen LogP contribution >= 0.6 is 0 Å². The van der Waals surface area contributed by atoms with Gasteiger partial charge in [0.2, 0.25) is 11.8 Å². The molecular formula is C16H20N2O3. The number of nitrogens with one attached hydrogen (secondary N) is 1. The molecule has 2 amide bonds. The van der Waals surface area contributed by atoms with Gasteiger partial charge in [-0.25, -0.2) is 0 Å². The summed E-state index contributed by atoms with van der Waals surface area (Å²) in [6.07, 6.45) is 2.38. The van der Waals surface area contributed by atoms with Gasteiger partial charge in [0.15, 0.2) is 0 Å². The highest BCUT2D eigenvalue weighted by atomic mass is 16.5. The van der Waals surface area contributed by atoms with E-state index in [-0.39, 0.29) is 18.4 Å². The van der Waals surface area contributed by atoms with E-state index in [4.69, 9.17) is 4.74 Å². The number of hydrogen-bond acceptors (Lipinski definition) is 3. The zero-order valence-electron chi connectivity index (χ0n) is 12.2. The number of fused-ring (bicyclic) bond motifs is 1. The van der Waals surface area contributed by atoms with Crippen LogP contribution < -0.4 is 5.32 Å². The van der Waals surface area contributed by atoms with Gasteiger partial charge in [-0.2, -0.15) is 0 Å². The monoisotopic (exact) mass is 288 g/mol. The lowest BCUT2D eigenvalue weighted by atomic mass is 9.72. The van der Waals surface area contributed by atoms with Crippen LogP contribution in [-0.2, 0) is 20.7 Å². The number of benzene rings is 1. The van der Waals surface area contributed by atoms with Crippen molar-refractivity contribution >= 4 is 17.5 Å². The van der Waals surface area contributed by atoms with Crippen LogP contribution in [-0.4, -0.2) is 43.5 Å². The van der Waals surface area contributed by atoms with Crippen molar-refractivity contribution in [2.24, 2.45) is 5.41 Å². The number of methoxy groups -OCH3 is 1. The van der Waals surface area contributed by atoms with Crippen molar-refractivity contribution in [3.8, 4) is 0 Å². The van der Waals surface area contributed by atoms with Crippen molar-refractivity contribution in [1.29, 1.82) is 0 Å². The average molecular weight is 288 g/mol. The molecule has 0 saturated carbocycles. The minimum Gasteiger partial charge on any atom is -0.375 e. The lowest BCUT2D eigenvalue weighted by Gasteiger charge is -2.44. The van der Waals surface area contributed by atoms with E-state index in [0.717, 1.165) is 24.1 Å². The van der Waals surface area contributed by atoms with E-state index < -0.39 is 5.41 Å². The number of carbonyl (C=O) groups excluding carboxylic acids is 2. The van der Waals surface area contributed by atoms with E-state index in [0.29, 0.717) is 19.5 Å². The minimum atomic E-state index is -0.490.